The first kappa shape index (κ1) is 28.6. The standard InChI is InChI=1S/C31H33N9O4/c1-4-26(41)39-16-14-22(18-39)34-28-27-25(13-15-32-29(27)40(38-28)17-20-5-9-23(43-3)10-6-20)44-24-11-7-21(8-12-24)30(42)35-31-33-19(2)36-37-31/h5-13,15,22H,4,14,16-18H2,1-3H3,(H,34,38)(H2,33,35,36,37,42). The van der Waals surface area contributed by atoms with Crippen LogP contribution in [0.2, 0.25) is 0 Å². The number of likely N-dealkylation sites (tertiary alicyclic amines) is 1. The van der Waals surface area contributed by atoms with E-state index in [2.05, 4.69) is 30.8 Å². The van der Waals surface area contributed by atoms with Crippen molar-refractivity contribution in [3.63, 3.8) is 0 Å². The monoisotopic (exact) mass is 595 g/mol. The Hall–Kier alpha value is -5.46. The first-order chi connectivity index (χ1) is 21.4. The number of methoxy groups -OCH3 is 1. The number of pyridine rings is 1. The first-order valence-corrected chi connectivity index (χ1v) is 14.4. The lowest BCUT2D eigenvalue weighted by molar-refractivity contribution is -0.129. The Morgan fingerprint density at radius 2 is 1.82 bits per heavy atom. The Morgan fingerprint density at radius 1 is 1.05 bits per heavy atom. The summed E-state index contributed by atoms with van der Waals surface area (Å²) in [6, 6.07) is 16.5. The number of nitrogens with zero attached hydrogens (tertiary/aromatic N) is 6. The van der Waals surface area contributed by atoms with Gasteiger partial charge in [-0.3, -0.25) is 14.9 Å². The maximum Gasteiger partial charge on any atom is 0.258 e. The lowest BCUT2D eigenvalue weighted by atomic mass is 10.2. The number of rotatable bonds is 10. The molecule has 5 aromatic rings. The van der Waals surface area contributed by atoms with Crippen molar-refractivity contribution >= 4 is 34.6 Å². The molecule has 0 radical (unpaired) electrons. The number of anilines is 2. The third-order valence-corrected chi connectivity index (χ3v) is 7.45. The van der Waals surface area contributed by atoms with Gasteiger partial charge in [0, 0.05) is 43.4 Å². The van der Waals surface area contributed by atoms with E-state index in [9.17, 15) is 9.59 Å². The molecule has 44 heavy (non-hydrogen) atoms. The van der Waals surface area contributed by atoms with Gasteiger partial charge in [0.15, 0.2) is 11.5 Å². The predicted octanol–water partition coefficient (Wildman–Crippen LogP) is 4.38. The predicted molar refractivity (Wildman–Crippen MR) is 164 cm³/mol. The van der Waals surface area contributed by atoms with Crippen LogP contribution in [0, 0.1) is 6.92 Å². The number of fused-ring (bicyclic) bond motifs is 1. The molecule has 226 valence electrons. The van der Waals surface area contributed by atoms with E-state index in [1.54, 1.807) is 50.6 Å². The molecule has 1 unspecified atom stereocenters. The van der Waals surface area contributed by atoms with Crippen LogP contribution in [0.5, 0.6) is 17.2 Å². The van der Waals surface area contributed by atoms with Crippen LogP contribution >= 0.6 is 0 Å². The summed E-state index contributed by atoms with van der Waals surface area (Å²) < 4.78 is 13.5. The second kappa shape index (κ2) is 12.4. The van der Waals surface area contributed by atoms with Crippen molar-refractivity contribution < 1.29 is 19.1 Å². The van der Waals surface area contributed by atoms with E-state index in [0.29, 0.717) is 60.4 Å². The number of aromatic amines is 1. The molecular formula is C31H33N9O4. The Labute approximate surface area is 253 Å². The van der Waals surface area contributed by atoms with Gasteiger partial charge in [-0.05, 0) is 55.3 Å². The van der Waals surface area contributed by atoms with Gasteiger partial charge in [0.1, 0.15) is 28.5 Å². The van der Waals surface area contributed by atoms with Crippen LogP contribution < -0.4 is 20.1 Å². The summed E-state index contributed by atoms with van der Waals surface area (Å²) >= 11 is 0. The summed E-state index contributed by atoms with van der Waals surface area (Å²) in [4.78, 5) is 34.4. The van der Waals surface area contributed by atoms with Crippen molar-refractivity contribution in [2.75, 3.05) is 30.8 Å². The van der Waals surface area contributed by atoms with E-state index in [1.165, 1.54) is 0 Å². The molecule has 13 nitrogen and oxygen atoms in total. The molecule has 13 heteroatoms. The van der Waals surface area contributed by atoms with E-state index in [4.69, 9.17) is 14.6 Å². The Morgan fingerprint density at radius 3 is 2.52 bits per heavy atom. The highest BCUT2D eigenvalue weighted by molar-refractivity contribution is 6.03. The van der Waals surface area contributed by atoms with Crippen LogP contribution in [-0.2, 0) is 11.3 Å². The molecular weight excluding hydrogens is 562 g/mol. The van der Waals surface area contributed by atoms with Crippen molar-refractivity contribution in [2.24, 2.45) is 0 Å². The fourth-order valence-corrected chi connectivity index (χ4v) is 5.18. The molecule has 3 aromatic heterocycles. The third kappa shape index (κ3) is 6.16. The smallest absolute Gasteiger partial charge is 0.258 e. The maximum atomic E-state index is 12.7. The minimum absolute atomic E-state index is 0.0389. The molecule has 1 aliphatic heterocycles. The normalized spacial score (nSPS) is 14.5. The summed E-state index contributed by atoms with van der Waals surface area (Å²) in [5.41, 5.74) is 2.12. The highest BCUT2D eigenvalue weighted by Crippen LogP contribution is 2.35. The largest absolute Gasteiger partial charge is 0.497 e. The Kier molecular flexibility index (Phi) is 8.08. The minimum Gasteiger partial charge on any atom is -0.497 e. The first-order valence-electron chi connectivity index (χ1n) is 14.4. The zero-order valence-electron chi connectivity index (χ0n) is 24.7. The molecule has 0 bridgehead atoms. The number of amides is 2. The van der Waals surface area contributed by atoms with Crippen molar-refractivity contribution in [3.05, 3.63) is 77.7 Å². The second-order valence-electron chi connectivity index (χ2n) is 10.5. The van der Waals surface area contributed by atoms with Gasteiger partial charge < -0.3 is 24.7 Å². The number of hydrogen-bond donors (Lipinski definition) is 3. The van der Waals surface area contributed by atoms with Gasteiger partial charge in [-0.25, -0.2) is 9.67 Å². The summed E-state index contributed by atoms with van der Waals surface area (Å²) in [6.45, 7) is 5.42. The molecule has 1 atom stereocenters. The SMILES string of the molecule is CCC(=O)N1CCC(Nc2nn(Cc3ccc(OC)cc3)c3nccc(Oc4ccc(C(=O)Nc5nnc(C)[nH]5)cc4)c23)C1. The van der Waals surface area contributed by atoms with E-state index >= 15 is 0 Å². The van der Waals surface area contributed by atoms with Gasteiger partial charge in [0.25, 0.3) is 5.91 Å². The van der Waals surface area contributed by atoms with Crippen LogP contribution in [0.4, 0.5) is 11.8 Å². The Bertz CT molecular complexity index is 1780. The van der Waals surface area contributed by atoms with Crippen molar-refractivity contribution in [1.29, 1.82) is 0 Å². The molecule has 0 spiro atoms. The van der Waals surface area contributed by atoms with Crippen LogP contribution in [0.3, 0.4) is 0 Å². The van der Waals surface area contributed by atoms with Crippen LogP contribution in [-0.4, -0.2) is 72.9 Å². The fraction of sp³-hybridized carbons (Fsp3) is 0.290. The second-order valence-corrected chi connectivity index (χ2v) is 10.5. The van der Waals surface area contributed by atoms with Gasteiger partial charge >= 0.3 is 0 Å². The quantitative estimate of drug-likeness (QED) is 0.214. The van der Waals surface area contributed by atoms with E-state index in [1.807, 2.05) is 40.8 Å². The number of hydrogen-bond acceptors (Lipinski definition) is 9. The zero-order valence-corrected chi connectivity index (χ0v) is 24.7. The highest BCUT2D eigenvalue weighted by Gasteiger charge is 2.27. The maximum absolute atomic E-state index is 12.7. The minimum atomic E-state index is -0.322. The highest BCUT2D eigenvalue weighted by atomic mass is 16.5. The number of aryl methyl sites for hydroxylation is 1. The van der Waals surface area contributed by atoms with Crippen molar-refractivity contribution in [2.45, 2.75) is 39.3 Å². The van der Waals surface area contributed by atoms with Crippen molar-refractivity contribution in [3.8, 4) is 17.2 Å². The zero-order chi connectivity index (χ0) is 30.6. The molecule has 0 saturated carbocycles. The lowest BCUT2D eigenvalue weighted by Gasteiger charge is -2.16. The number of carbonyl (C=O) groups excluding carboxylic acids is 2. The van der Waals surface area contributed by atoms with E-state index in [-0.39, 0.29) is 23.8 Å². The average Bonchev–Trinajstić information content (AvgIpc) is 3.77. The summed E-state index contributed by atoms with van der Waals surface area (Å²) in [5.74, 6) is 3.22. The van der Waals surface area contributed by atoms with Gasteiger partial charge in [-0.2, -0.15) is 5.10 Å². The molecule has 6 rings (SSSR count). The van der Waals surface area contributed by atoms with Crippen LogP contribution in [0.15, 0.2) is 60.8 Å². The average molecular weight is 596 g/mol. The number of aromatic nitrogens is 6. The van der Waals surface area contributed by atoms with Crippen molar-refractivity contribution in [1.82, 2.24) is 34.8 Å². The molecule has 3 N–H and O–H groups in total. The molecule has 2 aromatic carbocycles. The van der Waals surface area contributed by atoms with Gasteiger partial charge in [-0.15, -0.1) is 10.2 Å². The molecule has 4 heterocycles. The lowest BCUT2D eigenvalue weighted by Crippen LogP contribution is -2.31. The fourth-order valence-electron chi connectivity index (χ4n) is 5.18. The molecule has 1 saturated heterocycles. The molecule has 1 fully saturated rings. The van der Waals surface area contributed by atoms with Gasteiger partial charge in [0.05, 0.1) is 13.7 Å². The molecule has 1 aliphatic rings. The summed E-state index contributed by atoms with van der Waals surface area (Å²) in [5, 5.41) is 19.6. The van der Waals surface area contributed by atoms with Crippen LogP contribution in [0.1, 0.15) is 41.5 Å². The summed E-state index contributed by atoms with van der Waals surface area (Å²) in [7, 11) is 1.64. The summed E-state index contributed by atoms with van der Waals surface area (Å²) in [6.07, 6.45) is 2.98. The number of benzene rings is 2. The van der Waals surface area contributed by atoms with Crippen LogP contribution in [0.25, 0.3) is 11.0 Å². The molecule has 0 aliphatic carbocycles. The van der Waals surface area contributed by atoms with E-state index < -0.39 is 0 Å². The molecule has 2 amide bonds. The Balaban J connectivity index is 1.28. The van der Waals surface area contributed by atoms with E-state index in [0.717, 1.165) is 23.1 Å². The van der Waals surface area contributed by atoms with Gasteiger partial charge in [0.2, 0.25) is 11.9 Å². The number of carbonyl (C=O) groups is 2. The number of ether oxygens (including phenoxy) is 2. The topological polar surface area (TPSA) is 152 Å². The number of H-pyrrole nitrogens is 1. The number of nitrogens with one attached hydrogen (secondary N) is 3. The third-order valence-electron chi connectivity index (χ3n) is 7.45. The van der Waals surface area contributed by atoms with Gasteiger partial charge in [-0.1, -0.05) is 19.1 Å².